The van der Waals surface area contributed by atoms with Crippen LogP contribution in [0.4, 0.5) is 0 Å². The van der Waals surface area contributed by atoms with Crippen molar-refractivity contribution in [2.24, 2.45) is 5.41 Å². The van der Waals surface area contributed by atoms with Crippen LogP contribution >= 0.6 is 12.4 Å². The fourth-order valence-corrected chi connectivity index (χ4v) is 1.59. The van der Waals surface area contributed by atoms with Crippen LogP contribution in [0.15, 0.2) is 0 Å². The van der Waals surface area contributed by atoms with Crippen LogP contribution in [0.1, 0.15) is 19.8 Å². The van der Waals surface area contributed by atoms with Gasteiger partial charge in [0, 0.05) is 19.1 Å². The predicted molar refractivity (Wildman–Crippen MR) is 49.3 cm³/mol. The third-order valence-electron chi connectivity index (χ3n) is 2.18. The molecule has 0 aromatic heterocycles. The van der Waals surface area contributed by atoms with Gasteiger partial charge in [-0.1, -0.05) is 6.92 Å². The average molecular weight is 180 g/mol. The highest BCUT2D eigenvalue weighted by molar-refractivity contribution is 5.85. The first-order valence-corrected chi connectivity index (χ1v) is 3.96. The van der Waals surface area contributed by atoms with Crippen LogP contribution < -0.4 is 5.32 Å². The van der Waals surface area contributed by atoms with Crippen LogP contribution in [0.2, 0.25) is 0 Å². The minimum atomic E-state index is 0. The van der Waals surface area contributed by atoms with Crippen LogP contribution in [0.5, 0.6) is 0 Å². The lowest BCUT2D eigenvalue weighted by atomic mass is 9.84. The van der Waals surface area contributed by atoms with E-state index in [1.807, 2.05) is 0 Å². The number of hydrogen-bond donors (Lipinski definition) is 1. The molecule has 1 N–H and O–H groups in total. The Morgan fingerprint density at radius 1 is 1.55 bits per heavy atom. The second-order valence-electron chi connectivity index (χ2n) is 3.52. The summed E-state index contributed by atoms with van der Waals surface area (Å²) in [6, 6.07) is 0. The minimum Gasteiger partial charge on any atom is -0.384 e. The molecule has 1 aliphatic rings. The lowest BCUT2D eigenvalue weighted by molar-refractivity contribution is 0.0724. The van der Waals surface area contributed by atoms with E-state index < -0.39 is 0 Å². The zero-order valence-corrected chi connectivity index (χ0v) is 8.17. The van der Waals surface area contributed by atoms with Gasteiger partial charge in [-0.05, 0) is 19.4 Å². The van der Waals surface area contributed by atoms with Gasteiger partial charge in [0.1, 0.15) is 0 Å². The molecule has 0 bridgehead atoms. The molecule has 0 spiro atoms. The number of piperidine rings is 1. The minimum absolute atomic E-state index is 0. The average Bonchev–Trinajstić information content (AvgIpc) is 1.89. The molecule has 1 saturated heterocycles. The Kier molecular flexibility index (Phi) is 5.06. The van der Waals surface area contributed by atoms with Gasteiger partial charge in [-0.3, -0.25) is 0 Å². The third-order valence-corrected chi connectivity index (χ3v) is 2.18. The van der Waals surface area contributed by atoms with Gasteiger partial charge in [-0.15, -0.1) is 12.4 Å². The van der Waals surface area contributed by atoms with Gasteiger partial charge in [0.15, 0.2) is 0 Å². The standard InChI is InChI=1S/C8H17NO.ClH/c1-8(7-10-2)4-3-5-9-6-8;/h9H,3-7H2,1-2H3;1H. The van der Waals surface area contributed by atoms with Crippen molar-refractivity contribution in [1.29, 1.82) is 0 Å². The highest BCUT2D eigenvalue weighted by Crippen LogP contribution is 2.24. The molecular weight excluding hydrogens is 162 g/mol. The van der Waals surface area contributed by atoms with Gasteiger partial charge >= 0.3 is 0 Å². The van der Waals surface area contributed by atoms with E-state index in [0.717, 1.165) is 13.2 Å². The van der Waals surface area contributed by atoms with Gasteiger partial charge in [0.25, 0.3) is 0 Å². The van der Waals surface area contributed by atoms with E-state index in [2.05, 4.69) is 12.2 Å². The largest absolute Gasteiger partial charge is 0.384 e. The second-order valence-corrected chi connectivity index (χ2v) is 3.52. The summed E-state index contributed by atoms with van der Waals surface area (Å²) in [6.45, 7) is 5.46. The Morgan fingerprint density at radius 2 is 2.27 bits per heavy atom. The lowest BCUT2D eigenvalue weighted by Crippen LogP contribution is -2.40. The second kappa shape index (κ2) is 4.96. The Balaban J connectivity index is 0.000001000. The fourth-order valence-electron chi connectivity index (χ4n) is 1.59. The van der Waals surface area contributed by atoms with Crippen molar-refractivity contribution in [2.75, 3.05) is 26.8 Å². The maximum absolute atomic E-state index is 5.14. The maximum atomic E-state index is 5.14. The molecule has 0 aromatic rings. The molecule has 0 amide bonds. The molecule has 1 rings (SSSR count). The molecule has 0 radical (unpaired) electrons. The topological polar surface area (TPSA) is 21.3 Å². The summed E-state index contributed by atoms with van der Waals surface area (Å²) in [4.78, 5) is 0. The first kappa shape index (κ1) is 11.2. The van der Waals surface area contributed by atoms with Crippen LogP contribution in [-0.4, -0.2) is 26.8 Å². The maximum Gasteiger partial charge on any atom is 0.0528 e. The molecule has 11 heavy (non-hydrogen) atoms. The van der Waals surface area contributed by atoms with Gasteiger partial charge in [-0.2, -0.15) is 0 Å². The molecule has 1 fully saturated rings. The summed E-state index contributed by atoms with van der Waals surface area (Å²) in [5.74, 6) is 0. The Hall–Kier alpha value is 0.210. The summed E-state index contributed by atoms with van der Waals surface area (Å²) < 4.78 is 5.14. The summed E-state index contributed by atoms with van der Waals surface area (Å²) in [5, 5.41) is 3.38. The van der Waals surface area contributed by atoms with Crippen molar-refractivity contribution >= 4 is 12.4 Å². The van der Waals surface area contributed by atoms with Crippen LogP contribution in [-0.2, 0) is 4.74 Å². The molecule has 0 saturated carbocycles. The number of nitrogens with one attached hydrogen (secondary N) is 1. The summed E-state index contributed by atoms with van der Waals surface area (Å²) in [6.07, 6.45) is 2.59. The Labute approximate surface area is 75.1 Å². The Bertz CT molecular complexity index is 96.8. The zero-order valence-electron chi connectivity index (χ0n) is 7.35. The Morgan fingerprint density at radius 3 is 2.73 bits per heavy atom. The normalized spacial score (nSPS) is 31.1. The van der Waals surface area contributed by atoms with Crippen molar-refractivity contribution in [3.63, 3.8) is 0 Å². The predicted octanol–water partition coefficient (Wildman–Crippen LogP) is 1.44. The number of methoxy groups -OCH3 is 1. The summed E-state index contributed by atoms with van der Waals surface area (Å²) in [5.41, 5.74) is 0.396. The first-order chi connectivity index (χ1) is 4.77. The zero-order chi connectivity index (χ0) is 7.45. The first-order valence-electron chi connectivity index (χ1n) is 3.96. The number of ether oxygens (including phenoxy) is 1. The molecule has 1 unspecified atom stereocenters. The van der Waals surface area contributed by atoms with E-state index in [9.17, 15) is 0 Å². The molecule has 1 heterocycles. The van der Waals surface area contributed by atoms with E-state index >= 15 is 0 Å². The van der Waals surface area contributed by atoms with E-state index in [-0.39, 0.29) is 12.4 Å². The number of hydrogen-bond acceptors (Lipinski definition) is 2. The fraction of sp³-hybridized carbons (Fsp3) is 1.00. The van der Waals surface area contributed by atoms with E-state index in [4.69, 9.17) is 4.74 Å². The van der Waals surface area contributed by atoms with Crippen molar-refractivity contribution in [2.45, 2.75) is 19.8 Å². The molecule has 3 heteroatoms. The molecular formula is C8H18ClNO. The SMILES string of the molecule is COCC1(C)CCCNC1.Cl. The monoisotopic (exact) mass is 179 g/mol. The van der Waals surface area contributed by atoms with E-state index in [1.54, 1.807) is 7.11 Å². The third kappa shape index (κ3) is 3.41. The molecule has 2 nitrogen and oxygen atoms in total. The van der Waals surface area contributed by atoms with Gasteiger partial charge in [0.05, 0.1) is 6.61 Å². The highest BCUT2D eigenvalue weighted by atomic mass is 35.5. The van der Waals surface area contributed by atoms with E-state index in [0.29, 0.717) is 5.41 Å². The van der Waals surface area contributed by atoms with E-state index in [1.165, 1.54) is 19.4 Å². The van der Waals surface area contributed by atoms with Crippen molar-refractivity contribution in [3.05, 3.63) is 0 Å². The van der Waals surface area contributed by atoms with Gasteiger partial charge in [0.2, 0.25) is 0 Å². The van der Waals surface area contributed by atoms with Crippen molar-refractivity contribution < 1.29 is 4.74 Å². The number of halogens is 1. The molecule has 0 aliphatic carbocycles. The van der Waals surface area contributed by atoms with Gasteiger partial charge < -0.3 is 10.1 Å². The smallest absolute Gasteiger partial charge is 0.0528 e. The summed E-state index contributed by atoms with van der Waals surface area (Å²) in [7, 11) is 1.78. The van der Waals surface area contributed by atoms with Crippen LogP contribution in [0, 0.1) is 5.41 Å². The molecule has 68 valence electrons. The molecule has 1 atom stereocenters. The van der Waals surface area contributed by atoms with Crippen LogP contribution in [0.25, 0.3) is 0 Å². The molecule has 1 aliphatic heterocycles. The summed E-state index contributed by atoms with van der Waals surface area (Å²) >= 11 is 0. The van der Waals surface area contributed by atoms with Crippen molar-refractivity contribution in [1.82, 2.24) is 5.32 Å². The quantitative estimate of drug-likeness (QED) is 0.693. The van der Waals surface area contributed by atoms with Crippen molar-refractivity contribution in [3.8, 4) is 0 Å². The van der Waals surface area contributed by atoms with Gasteiger partial charge in [-0.25, -0.2) is 0 Å². The highest BCUT2D eigenvalue weighted by Gasteiger charge is 2.25. The number of rotatable bonds is 2. The lowest BCUT2D eigenvalue weighted by Gasteiger charge is -2.33. The molecule has 0 aromatic carbocycles. The van der Waals surface area contributed by atoms with Crippen LogP contribution in [0.3, 0.4) is 0 Å².